The summed E-state index contributed by atoms with van der Waals surface area (Å²) in [5.74, 6) is 0.790. The fourth-order valence-corrected chi connectivity index (χ4v) is 2.22. The number of fused-ring (bicyclic) bond motifs is 1. The summed E-state index contributed by atoms with van der Waals surface area (Å²) in [5.41, 5.74) is 2.83. The van der Waals surface area contributed by atoms with Crippen molar-refractivity contribution < 1.29 is 4.74 Å². The summed E-state index contributed by atoms with van der Waals surface area (Å²) in [6.45, 7) is 2.18. The van der Waals surface area contributed by atoms with Gasteiger partial charge < -0.3 is 9.72 Å². The first kappa shape index (κ1) is 12.5. The first-order valence-electron chi connectivity index (χ1n) is 6.38. The van der Waals surface area contributed by atoms with Gasteiger partial charge in [0.2, 0.25) is 0 Å². The summed E-state index contributed by atoms with van der Waals surface area (Å²) in [5, 5.41) is 10.3. The minimum Gasteiger partial charge on any atom is -0.497 e. The second kappa shape index (κ2) is 5.59. The number of benzene rings is 1. The van der Waals surface area contributed by atoms with Crippen LogP contribution in [-0.4, -0.2) is 12.1 Å². The van der Waals surface area contributed by atoms with E-state index in [0.717, 1.165) is 40.8 Å². The Morgan fingerprint density at radius 1 is 1.33 bits per heavy atom. The molecule has 1 aromatic carbocycles. The number of nitrogens with one attached hydrogen (secondary N) is 1. The second-order valence-electron chi connectivity index (χ2n) is 4.46. The first-order valence-corrected chi connectivity index (χ1v) is 6.38. The van der Waals surface area contributed by atoms with E-state index in [0.29, 0.717) is 0 Å². The van der Waals surface area contributed by atoms with Crippen LogP contribution in [0.15, 0.2) is 18.2 Å². The molecule has 18 heavy (non-hydrogen) atoms. The van der Waals surface area contributed by atoms with Gasteiger partial charge in [-0.2, -0.15) is 5.26 Å². The molecular formula is C15H18N2O. The number of nitriles is 1. The minimum atomic E-state index is 0.764. The molecule has 0 atom stereocenters. The van der Waals surface area contributed by atoms with Crippen LogP contribution in [0.25, 0.3) is 10.9 Å². The number of nitrogens with zero attached hydrogens (tertiary/aromatic N) is 1. The molecule has 3 nitrogen and oxygen atoms in total. The topological polar surface area (TPSA) is 48.8 Å². The normalized spacial score (nSPS) is 10.5. The lowest BCUT2D eigenvalue weighted by molar-refractivity contribution is 0.415. The van der Waals surface area contributed by atoms with Crippen LogP contribution in [0.5, 0.6) is 5.75 Å². The number of H-pyrrole nitrogens is 1. The molecule has 1 heterocycles. The highest BCUT2D eigenvalue weighted by Gasteiger charge is 2.11. The largest absolute Gasteiger partial charge is 0.497 e. The molecule has 0 spiro atoms. The van der Waals surface area contributed by atoms with E-state index in [2.05, 4.69) is 18.0 Å². The Kier molecular flexibility index (Phi) is 3.88. The summed E-state index contributed by atoms with van der Waals surface area (Å²) in [6, 6.07) is 8.12. The van der Waals surface area contributed by atoms with E-state index in [1.165, 1.54) is 12.8 Å². The van der Waals surface area contributed by atoms with E-state index >= 15 is 0 Å². The van der Waals surface area contributed by atoms with E-state index < -0.39 is 0 Å². The van der Waals surface area contributed by atoms with Gasteiger partial charge in [0, 0.05) is 16.6 Å². The third kappa shape index (κ3) is 2.33. The van der Waals surface area contributed by atoms with Crippen molar-refractivity contribution in [1.82, 2.24) is 4.98 Å². The van der Waals surface area contributed by atoms with Crippen LogP contribution in [-0.2, 0) is 6.42 Å². The van der Waals surface area contributed by atoms with Gasteiger partial charge in [-0.1, -0.05) is 19.8 Å². The summed E-state index contributed by atoms with van der Waals surface area (Å²) >= 11 is 0. The zero-order valence-electron chi connectivity index (χ0n) is 10.9. The Balaban J connectivity index is 2.39. The maximum absolute atomic E-state index is 9.31. The van der Waals surface area contributed by atoms with Crippen LogP contribution in [0.4, 0.5) is 0 Å². The lowest BCUT2D eigenvalue weighted by atomic mass is 10.1. The molecule has 94 valence electrons. The Labute approximate surface area is 107 Å². The van der Waals surface area contributed by atoms with Crippen molar-refractivity contribution in [2.75, 3.05) is 7.11 Å². The second-order valence-corrected chi connectivity index (χ2v) is 4.46. The number of methoxy groups -OCH3 is 1. The van der Waals surface area contributed by atoms with Crippen molar-refractivity contribution in [3.63, 3.8) is 0 Å². The lowest BCUT2D eigenvalue weighted by Crippen LogP contribution is -1.88. The van der Waals surface area contributed by atoms with Crippen LogP contribution in [0.3, 0.4) is 0 Å². The maximum Gasteiger partial charge on any atom is 0.119 e. The molecular weight excluding hydrogens is 224 g/mol. The van der Waals surface area contributed by atoms with Gasteiger partial charge in [-0.15, -0.1) is 0 Å². The number of aromatic nitrogens is 1. The molecule has 2 aromatic rings. The molecule has 0 unspecified atom stereocenters. The summed E-state index contributed by atoms with van der Waals surface area (Å²) in [6.07, 6.45) is 4.45. The van der Waals surface area contributed by atoms with E-state index in [9.17, 15) is 5.26 Å². The Morgan fingerprint density at radius 3 is 2.83 bits per heavy atom. The maximum atomic E-state index is 9.31. The zero-order chi connectivity index (χ0) is 13.0. The predicted octanol–water partition coefficient (Wildman–Crippen LogP) is 3.78. The van der Waals surface area contributed by atoms with Gasteiger partial charge in [0.1, 0.15) is 11.8 Å². The van der Waals surface area contributed by atoms with Crippen molar-refractivity contribution in [1.29, 1.82) is 5.26 Å². The molecule has 0 aliphatic rings. The Hall–Kier alpha value is -1.95. The fourth-order valence-electron chi connectivity index (χ4n) is 2.22. The number of hydrogen-bond donors (Lipinski definition) is 1. The van der Waals surface area contributed by atoms with Gasteiger partial charge in [0.25, 0.3) is 0 Å². The molecule has 0 amide bonds. The molecule has 3 heteroatoms. The first-order chi connectivity index (χ1) is 8.80. The molecule has 2 rings (SSSR count). The quantitative estimate of drug-likeness (QED) is 0.811. The predicted molar refractivity (Wildman–Crippen MR) is 72.8 cm³/mol. The standard InChI is InChI=1S/C15H18N2O/c1-3-4-5-6-14-13(10-16)12-9-11(18-2)7-8-15(12)17-14/h7-9,17H,3-6H2,1-2H3. The van der Waals surface area contributed by atoms with Gasteiger partial charge in [0.15, 0.2) is 0 Å². The monoisotopic (exact) mass is 242 g/mol. The van der Waals surface area contributed by atoms with Gasteiger partial charge in [-0.05, 0) is 31.0 Å². The Morgan fingerprint density at radius 2 is 2.17 bits per heavy atom. The molecule has 0 saturated heterocycles. The average Bonchev–Trinajstić information content (AvgIpc) is 2.75. The van der Waals surface area contributed by atoms with Crippen LogP contribution >= 0.6 is 0 Å². The molecule has 0 bridgehead atoms. The van der Waals surface area contributed by atoms with Gasteiger partial charge in [-0.3, -0.25) is 0 Å². The van der Waals surface area contributed by atoms with E-state index in [1.54, 1.807) is 7.11 Å². The minimum absolute atomic E-state index is 0.764. The van der Waals surface area contributed by atoms with Gasteiger partial charge >= 0.3 is 0 Å². The molecule has 0 fully saturated rings. The fraction of sp³-hybridized carbons (Fsp3) is 0.400. The number of ether oxygens (including phenoxy) is 1. The van der Waals surface area contributed by atoms with Crippen LogP contribution < -0.4 is 4.74 Å². The zero-order valence-corrected chi connectivity index (χ0v) is 10.9. The highest BCUT2D eigenvalue weighted by molar-refractivity contribution is 5.88. The third-order valence-electron chi connectivity index (χ3n) is 3.23. The number of aromatic amines is 1. The molecule has 0 radical (unpaired) electrons. The average molecular weight is 242 g/mol. The van der Waals surface area contributed by atoms with Crippen LogP contribution in [0.1, 0.15) is 37.4 Å². The van der Waals surface area contributed by atoms with Gasteiger partial charge in [0.05, 0.1) is 12.7 Å². The van der Waals surface area contributed by atoms with Crippen molar-refractivity contribution in [3.8, 4) is 11.8 Å². The van der Waals surface area contributed by atoms with E-state index in [-0.39, 0.29) is 0 Å². The van der Waals surface area contributed by atoms with E-state index in [4.69, 9.17) is 4.74 Å². The lowest BCUT2D eigenvalue weighted by Gasteiger charge is -1.98. The Bertz CT molecular complexity index is 578. The number of unbranched alkanes of at least 4 members (excludes halogenated alkanes) is 2. The van der Waals surface area contributed by atoms with Crippen molar-refractivity contribution in [2.45, 2.75) is 32.6 Å². The smallest absolute Gasteiger partial charge is 0.119 e. The van der Waals surface area contributed by atoms with Crippen molar-refractivity contribution >= 4 is 10.9 Å². The molecule has 0 aliphatic heterocycles. The highest BCUT2D eigenvalue weighted by Crippen LogP contribution is 2.27. The summed E-state index contributed by atoms with van der Waals surface area (Å²) in [4.78, 5) is 3.35. The molecule has 1 aromatic heterocycles. The number of aryl methyl sites for hydroxylation is 1. The van der Waals surface area contributed by atoms with Gasteiger partial charge in [-0.25, -0.2) is 0 Å². The number of rotatable bonds is 5. The highest BCUT2D eigenvalue weighted by atomic mass is 16.5. The molecule has 0 aliphatic carbocycles. The SMILES string of the molecule is CCCCCc1[nH]c2ccc(OC)cc2c1C#N. The van der Waals surface area contributed by atoms with Crippen LogP contribution in [0, 0.1) is 11.3 Å². The molecule has 0 saturated carbocycles. The van der Waals surface area contributed by atoms with E-state index in [1.807, 2.05) is 18.2 Å². The van der Waals surface area contributed by atoms with Crippen LogP contribution in [0.2, 0.25) is 0 Å². The summed E-state index contributed by atoms with van der Waals surface area (Å²) in [7, 11) is 1.64. The molecule has 1 N–H and O–H groups in total. The number of hydrogen-bond acceptors (Lipinski definition) is 2. The van der Waals surface area contributed by atoms with Crippen molar-refractivity contribution in [2.24, 2.45) is 0 Å². The van der Waals surface area contributed by atoms with Crippen molar-refractivity contribution in [3.05, 3.63) is 29.5 Å². The third-order valence-corrected chi connectivity index (χ3v) is 3.23. The summed E-state index contributed by atoms with van der Waals surface area (Å²) < 4.78 is 5.21.